The fourth-order valence-electron chi connectivity index (χ4n) is 2.74. The minimum absolute atomic E-state index is 0.260. The number of fused-ring (bicyclic) bond motifs is 1. The van der Waals surface area contributed by atoms with Gasteiger partial charge in [0.1, 0.15) is 5.52 Å². The van der Waals surface area contributed by atoms with Crippen molar-refractivity contribution in [2.75, 3.05) is 18.6 Å². The summed E-state index contributed by atoms with van der Waals surface area (Å²) >= 11 is 1.47. The first kappa shape index (κ1) is 12.7. The smallest absolute Gasteiger partial charge is 0.191 e. The maximum Gasteiger partial charge on any atom is 0.191 e. The third-order valence-corrected chi connectivity index (χ3v) is 4.32. The normalized spacial score (nSPS) is 23.3. The van der Waals surface area contributed by atoms with E-state index in [0.29, 0.717) is 28.5 Å². The van der Waals surface area contributed by atoms with Crippen molar-refractivity contribution in [3.63, 3.8) is 0 Å². The molecule has 3 rings (SSSR count). The van der Waals surface area contributed by atoms with Crippen molar-refractivity contribution >= 4 is 28.7 Å². The summed E-state index contributed by atoms with van der Waals surface area (Å²) in [6, 6.07) is 0.353. The fraction of sp³-hybridized carbons (Fsp3) is 0.583. The number of thioether (sulfide) groups is 1. The first-order valence-electron chi connectivity index (χ1n) is 6.37. The standard InChI is InChI=1S/C12H17N5OS/c1-19-12-15-10(13)9-11(16-12)17(6-14-9)8-3-2-7(4-8)5-18/h6-8,18H,2-5H2,1H3,(H2,13,15,16)/t7?,8-/m0/s1. The van der Waals surface area contributed by atoms with Gasteiger partial charge in [-0.3, -0.25) is 0 Å². The number of anilines is 1. The van der Waals surface area contributed by atoms with Crippen LogP contribution in [0.4, 0.5) is 5.82 Å². The van der Waals surface area contributed by atoms with Crippen LogP contribution in [0, 0.1) is 5.92 Å². The third-order valence-electron chi connectivity index (χ3n) is 3.78. The van der Waals surface area contributed by atoms with Crippen LogP contribution in [0.1, 0.15) is 25.3 Å². The minimum Gasteiger partial charge on any atom is -0.396 e. The quantitative estimate of drug-likeness (QED) is 0.653. The summed E-state index contributed by atoms with van der Waals surface area (Å²) < 4.78 is 2.09. The second kappa shape index (κ2) is 4.97. The van der Waals surface area contributed by atoms with Gasteiger partial charge in [-0.2, -0.15) is 0 Å². The number of hydrogen-bond donors (Lipinski definition) is 2. The maximum atomic E-state index is 9.25. The molecular weight excluding hydrogens is 262 g/mol. The van der Waals surface area contributed by atoms with Gasteiger partial charge in [0.25, 0.3) is 0 Å². The van der Waals surface area contributed by atoms with Gasteiger partial charge < -0.3 is 15.4 Å². The fourth-order valence-corrected chi connectivity index (χ4v) is 3.11. The van der Waals surface area contributed by atoms with E-state index in [2.05, 4.69) is 19.5 Å². The lowest BCUT2D eigenvalue weighted by atomic mass is 10.1. The summed E-state index contributed by atoms with van der Waals surface area (Å²) in [6.07, 6.45) is 6.80. The molecule has 0 aromatic carbocycles. The monoisotopic (exact) mass is 279 g/mol. The van der Waals surface area contributed by atoms with Gasteiger partial charge >= 0.3 is 0 Å². The lowest BCUT2D eigenvalue weighted by Crippen LogP contribution is -2.07. The van der Waals surface area contributed by atoms with Crippen molar-refractivity contribution in [1.29, 1.82) is 0 Å². The first-order valence-corrected chi connectivity index (χ1v) is 7.60. The summed E-state index contributed by atoms with van der Waals surface area (Å²) in [5.74, 6) is 0.825. The van der Waals surface area contributed by atoms with Gasteiger partial charge in [0, 0.05) is 12.6 Å². The molecule has 0 amide bonds. The zero-order valence-corrected chi connectivity index (χ0v) is 11.6. The molecule has 0 saturated heterocycles. The highest BCUT2D eigenvalue weighted by atomic mass is 32.2. The van der Waals surface area contributed by atoms with Crippen LogP contribution in [0.2, 0.25) is 0 Å². The molecule has 2 aromatic rings. The van der Waals surface area contributed by atoms with Crippen LogP contribution < -0.4 is 5.73 Å². The Bertz CT molecular complexity index is 599. The lowest BCUT2D eigenvalue weighted by molar-refractivity contribution is 0.226. The average molecular weight is 279 g/mol. The molecule has 0 aliphatic heterocycles. The number of aliphatic hydroxyl groups excluding tert-OH is 1. The van der Waals surface area contributed by atoms with Gasteiger partial charge in [0.2, 0.25) is 0 Å². The van der Waals surface area contributed by atoms with Gasteiger partial charge in [-0.1, -0.05) is 11.8 Å². The SMILES string of the molecule is CSc1nc(N)c2ncn([C@H]3CCC(CO)C3)c2n1. The predicted molar refractivity (Wildman–Crippen MR) is 75.0 cm³/mol. The van der Waals surface area contributed by atoms with Crippen LogP contribution in [-0.2, 0) is 0 Å². The van der Waals surface area contributed by atoms with Gasteiger partial charge in [0.05, 0.1) is 6.33 Å². The van der Waals surface area contributed by atoms with Gasteiger partial charge in [0.15, 0.2) is 16.6 Å². The van der Waals surface area contributed by atoms with Crippen molar-refractivity contribution in [3.05, 3.63) is 6.33 Å². The third kappa shape index (κ3) is 2.17. The minimum atomic E-state index is 0.260. The molecule has 2 aromatic heterocycles. The molecule has 7 heteroatoms. The van der Waals surface area contributed by atoms with E-state index in [0.717, 1.165) is 24.9 Å². The molecule has 19 heavy (non-hydrogen) atoms. The van der Waals surface area contributed by atoms with Gasteiger partial charge in [-0.05, 0) is 31.4 Å². The highest BCUT2D eigenvalue weighted by Crippen LogP contribution is 2.36. The second-order valence-electron chi connectivity index (χ2n) is 4.94. The molecular formula is C12H17N5OS. The lowest BCUT2D eigenvalue weighted by Gasteiger charge is -2.12. The Morgan fingerprint density at radius 2 is 2.32 bits per heavy atom. The number of nitrogen functional groups attached to an aromatic ring is 1. The highest BCUT2D eigenvalue weighted by Gasteiger charge is 2.27. The Labute approximate surface area is 115 Å². The molecule has 3 N–H and O–H groups in total. The Morgan fingerprint density at radius 3 is 3.00 bits per heavy atom. The van der Waals surface area contributed by atoms with E-state index < -0.39 is 0 Å². The number of aromatic nitrogens is 4. The van der Waals surface area contributed by atoms with E-state index in [1.807, 2.05) is 6.26 Å². The van der Waals surface area contributed by atoms with Gasteiger partial charge in [-0.15, -0.1) is 0 Å². The van der Waals surface area contributed by atoms with Crippen LogP contribution in [-0.4, -0.2) is 37.5 Å². The summed E-state index contributed by atoms with van der Waals surface area (Å²) in [5, 5.41) is 9.92. The summed E-state index contributed by atoms with van der Waals surface area (Å²) in [5.41, 5.74) is 7.40. The molecule has 0 bridgehead atoms. The van der Waals surface area contributed by atoms with Crippen LogP contribution in [0.3, 0.4) is 0 Å². The van der Waals surface area contributed by atoms with E-state index in [1.54, 1.807) is 6.33 Å². The molecule has 0 spiro atoms. The Kier molecular flexibility index (Phi) is 3.32. The zero-order chi connectivity index (χ0) is 13.4. The average Bonchev–Trinajstić information content (AvgIpc) is 3.04. The van der Waals surface area contributed by atoms with Crippen LogP contribution in [0.5, 0.6) is 0 Å². The predicted octanol–water partition coefficient (Wildman–Crippen LogP) is 1.46. The number of nitrogens with two attached hydrogens (primary N) is 1. The second-order valence-corrected chi connectivity index (χ2v) is 5.71. The summed E-state index contributed by atoms with van der Waals surface area (Å²) in [4.78, 5) is 13.1. The molecule has 6 nitrogen and oxygen atoms in total. The highest BCUT2D eigenvalue weighted by molar-refractivity contribution is 7.98. The molecule has 1 fully saturated rings. The van der Waals surface area contributed by atoms with Crippen LogP contribution in [0.15, 0.2) is 11.5 Å². The van der Waals surface area contributed by atoms with Crippen molar-refractivity contribution < 1.29 is 5.11 Å². The van der Waals surface area contributed by atoms with E-state index in [-0.39, 0.29) is 6.61 Å². The van der Waals surface area contributed by atoms with Crippen molar-refractivity contribution in [3.8, 4) is 0 Å². The van der Waals surface area contributed by atoms with Gasteiger partial charge in [-0.25, -0.2) is 15.0 Å². The summed E-state index contributed by atoms with van der Waals surface area (Å²) in [7, 11) is 0. The molecule has 2 atom stereocenters. The summed E-state index contributed by atoms with van der Waals surface area (Å²) in [6.45, 7) is 0.260. The van der Waals surface area contributed by atoms with E-state index in [4.69, 9.17) is 5.73 Å². The van der Waals surface area contributed by atoms with Crippen molar-refractivity contribution in [2.24, 2.45) is 5.92 Å². The topological polar surface area (TPSA) is 89.8 Å². The first-order chi connectivity index (χ1) is 9.22. The van der Waals surface area contributed by atoms with E-state index in [9.17, 15) is 5.11 Å². The molecule has 2 heterocycles. The zero-order valence-electron chi connectivity index (χ0n) is 10.8. The number of hydrogen-bond acceptors (Lipinski definition) is 6. The molecule has 1 saturated carbocycles. The number of aliphatic hydroxyl groups is 1. The molecule has 1 aliphatic carbocycles. The molecule has 1 unspecified atom stereocenters. The van der Waals surface area contributed by atoms with Crippen LogP contribution >= 0.6 is 11.8 Å². The number of nitrogens with zero attached hydrogens (tertiary/aromatic N) is 4. The molecule has 0 radical (unpaired) electrons. The van der Waals surface area contributed by atoms with Crippen molar-refractivity contribution in [2.45, 2.75) is 30.5 Å². The van der Waals surface area contributed by atoms with E-state index >= 15 is 0 Å². The Hall–Kier alpha value is -1.34. The number of rotatable bonds is 3. The van der Waals surface area contributed by atoms with Crippen LogP contribution in [0.25, 0.3) is 11.2 Å². The molecule has 102 valence electrons. The Balaban J connectivity index is 2.02. The van der Waals surface area contributed by atoms with E-state index in [1.165, 1.54) is 11.8 Å². The Morgan fingerprint density at radius 1 is 1.47 bits per heavy atom. The van der Waals surface area contributed by atoms with Crippen molar-refractivity contribution in [1.82, 2.24) is 19.5 Å². The molecule has 1 aliphatic rings. The maximum absolute atomic E-state index is 9.25. The number of imidazole rings is 1. The largest absolute Gasteiger partial charge is 0.396 e.